The van der Waals surface area contributed by atoms with Crippen LogP contribution in [0.25, 0.3) is 0 Å². The number of H-pyrrole nitrogens is 1. The lowest BCUT2D eigenvalue weighted by Gasteiger charge is -2.15. The van der Waals surface area contributed by atoms with Gasteiger partial charge < -0.3 is 5.32 Å². The number of rotatable bonds is 5. The third-order valence-corrected chi connectivity index (χ3v) is 3.27. The Hall–Kier alpha value is -1.36. The van der Waals surface area contributed by atoms with Crippen molar-refractivity contribution in [3.05, 3.63) is 40.4 Å². The highest BCUT2D eigenvalue weighted by atomic mass is 79.9. The molecule has 0 spiro atoms. The molecule has 0 aliphatic carbocycles. The molecule has 2 rings (SSSR count). The molecule has 2 N–H and O–H groups in total. The minimum Gasteiger partial charge on any atom is -0.385 e. The second-order valence-electron chi connectivity index (χ2n) is 6.12. The van der Waals surface area contributed by atoms with Crippen LogP contribution in [-0.4, -0.2) is 21.7 Å². The molecule has 0 saturated heterocycles. The summed E-state index contributed by atoms with van der Waals surface area (Å²) in [6, 6.07) is 8.14. The Morgan fingerprint density at radius 3 is 2.80 bits per heavy atom. The predicted octanol–water partition coefficient (Wildman–Crippen LogP) is 3.81. The van der Waals surface area contributed by atoms with Crippen molar-refractivity contribution < 1.29 is 0 Å². The predicted molar refractivity (Wildman–Crippen MR) is 85.9 cm³/mol. The molecule has 0 bridgehead atoms. The van der Waals surface area contributed by atoms with Crippen molar-refractivity contribution >= 4 is 21.6 Å². The third kappa shape index (κ3) is 4.96. The van der Waals surface area contributed by atoms with Gasteiger partial charge >= 0.3 is 0 Å². The summed E-state index contributed by atoms with van der Waals surface area (Å²) >= 11 is 3.46. The number of nitrogens with zero attached hydrogens (tertiary/aromatic N) is 2. The lowest BCUT2D eigenvalue weighted by Crippen LogP contribution is -2.10. The van der Waals surface area contributed by atoms with E-state index in [-0.39, 0.29) is 5.41 Å². The molecule has 4 nitrogen and oxygen atoms in total. The Kier molecular flexibility index (Phi) is 4.81. The number of hydrogen-bond acceptors (Lipinski definition) is 3. The summed E-state index contributed by atoms with van der Waals surface area (Å²) in [5.41, 5.74) is 1.33. The third-order valence-electron chi connectivity index (χ3n) is 2.78. The highest BCUT2D eigenvalue weighted by Crippen LogP contribution is 2.18. The van der Waals surface area contributed by atoms with Gasteiger partial charge in [0.2, 0.25) is 0 Å². The van der Waals surface area contributed by atoms with Crippen LogP contribution in [0.3, 0.4) is 0 Å². The fourth-order valence-corrected chi connectivity index (χ4v) is 2.34. The van der Waals surface area contributed by atoms with Crippen LogP contribution in [0.15, 0.2) is 28.7 Å². The van der Waals surface area contributed by atoms with E-state index in [0.717, 1.165) is 41.2 Å². The Balaban J connectivity index is 1.83. The van der Waals surface area contributed by atoms with E-state index >= 15 is 0 Å². The van der Waals surface area contributed by atoms with Gasteiger partial charge in [0.1, 0.15) is 5.82 Å². The number of benzene rings is 1. The first kappa shape index (κ1) is 15.0. The van der Waals surface area contributed by atoms with Crippen LogP contribution in [0.2, 0.25) is 0 Å². The summed E-state index contributed by atoms with van der Waals surface area (Å²) in [6.07, 6.45) is 1.73. The Morgan fingerprint density at radius 2 is 2.10 bits per heavy atom. The molecule has 2 aromatic rings. The molecule has 0 atom stereocenters. The summed E-state index contributed by atoms with van der Waals surface area (Å²) in [4.78, 5) is 4.53. The number of aromatic amines is 1. The Labute approximate surface area is 128 Å². The monoisotopic (exact) mass is 336 g/mol. The molecule has 20 heavy (non-hydrogen) atoms. The fourth-order valence-electron chi connectivity index (χ4n) is 1.95. The molecular formula is C15H21BrN4. The summed E-state index contributed by atoms with van der Waals surface area (Å²) in [5.74, 6) is 1.83. The minimum absolute atomic E-state index is 0.228. The van der Waals surface area contributed by atoms with Gasteiger partial charge in [-0.25, -0.2) is 4.98 Å². The zero-order chi connectivity index (χ0) is 14.6. The van der Waals surface area contributed by atoms with Crippen molar-refractivity contribution in [2.45, 2.75) is 33.6 Å². The van der Waals surface area contributed by atoms with Crippen LogP contribution in [-0.2, 0) is 12.8 Å². The van der Waals surface area contributed by atoms with Crippen molar-refractivity contribution in [1.82, 2.24) is 15.2 Å². The van der Waals surface area contributed by atoms with Crippen LogP contribution in [0.1, 0.15) is 32.4 Å². The van der Waals surface area contributed by atoms with Crippen molar-refractivity contribution in [1.29, 1.82) is 0 Å². The molecule has 0 saturated carbocycles. The molecule has 0 amide bonds. The largest absolute Gasteiger partial charge is 0.385 e. The number of hydrogen-bond donors (Lipinski definition) is 2. The van der Waals surface area contributed by atoms with Crippen molar-refractivity contribution in [3.8, 4) is 0 Å². The van der Waals surface area contributed by atoms with Crippen LogP contribution < -0.4 is 5.32 Å². The van der Waals surface area contributed by atoms with Gasteiger partial charge in [-0.3, -0.25) is 5.10 Å². The van der Waals surface area contributed by atoms with Crippen molar-refractivity contribution in [3.63, 3.8) is 0 Å². The maximum Gasteiger partial charge on any atom is 0.152 e. The second kappa shape index (κ2) is 6.39. The van der Waals surface area contributed by atoms with Gasteiger partial charge in [0.25, 0.3) is 0 Å². The molecule has 5 heteroatoms. The van der Waals surface area contributed by atoms with E-state index in [9.17, 15) is 0 Å². The van der Waals surface area contributed by atoms with Crippen molar-refractivity contribution in [2.24, 2.45) is 5.41 Å². The van der Waals surface area contributed by atoms with E-state index in [4.69, 9.17) is 0 Å². The lowest BCUT2D eigenvalue weighted by atomic mass is 9.92. The van der Waals surface area contributed by atoms with Crippen LogP contribution in [0.5, 0.6) is 0 Å². The van der Waals surface area contributed by atoms with E-state index in [1.54, 1.807) is 0 Å². The second-order valence-corrected chi connectivity index (χ2v) is 7.04. The number of anilines is 1. The first-order chi connectivity index (χ1) is 9.42. The zero-order valence-electron chi connectivity index (χ0n) is 12.2. The van der Waals surface area contributed by atoms with E-state index in [1.807, 2.05) is 18.2 Å². The summed E-state index contributed by atoms with van der Waals surface area (Å²) in [5, 5.41) is 10.7. The number of aromatic nitrogens is 3. The minimum atomic E-state index is 0.228. The highest BCUT2D eigenvalue weighted by molar-refractivity contribution is 9.10. The molecule has 108 valence electrons. The maximum absolute atomic E-state index is 4.53. The molecule has 0 unspecified atom stereocenters. The summed E-state index contributed by atoms with van der Waals surface area (Å²) in [7, 11) is 0. The normalized spacial score (nSPS) is 11.6. The van der Waals surface area contributed by atoms with Gasteiger partial charge in [-0.05, 0) is 23.6 Å². The highest BCUT2D eigenvalue weighted by Gasteiger charge is 2.14. The average Bonchev–Trinajstić information content (AvgIpc) is 2.74. The quantitative estimate of drug-likeness (QED) is 0.872. The topological polar surface area (TPSA) is 53.6 Å². The van der Waals surface area contributed by atoms with E-state index in [2.05, 4.69) is 63.3 Å². The standard InChI is InChI=1S/C15H21BrN4/c1-15(2,3)10-14-18-13(19-20-14)7-8-17-12-6-4-5-11(16)9-12/h4-6,9,17H,7-8,10H2,1-3H3,(H,18,19,20). The van der Waals surface area contributed by atoms with Gasteiger partial charge in [0.05, 0.1) is 0 Å². The molecular weight excluding hydrogens is 316 g/mol. The molecule has 1 aromatic heterocycles. The zero-order valence-corrected chi connectivity index (χ0v) is 13.8. The van der Waals surface area contributed by atoms with Gasteiger partial charge in [-0.2, -0.15) is 5.10 Å². The van der Waals surface area contributed by atoms with Crippen LogP contribution >= 0.6 is 15.9 Å². The summed E-state index contributed by atoms with van der Waals surface area (Å²) in [6.45, 7) is 7.42. The Morgan fingerprint density at radius 1 is 1.30 bits per heavy atom. The average molecular weight is 337 g/mol. The van der Waals surface area contributed by atoms with Crippen LogP contribution in [0.4, 0.5) is 5.69 Å². The molecule has 0 radical (unpaired) electrons. The summed E-state index contributed by atoms with van der Waals surface area (Å²) < 4.78 is 1.08. The van der Waals surface area contributed by atoms with Crippen LogP contribution in [0, 0.1) is 5.41 Å². The molecule has 0 fully saturated rings. The van der Waals surface area contributed by atoms with Gasteiger partial charge in [0, 0.05) is 29.5 Å². The smallest absolute Gasteiger partial charge is 0.152 e. The van der Waals surface area contributed by atoms with Gasteiger partial charge in [-0.1, -0.05) is 42.8 Å². The number of halogens is 1. The first-order valence-corrected chi connectivity index (χ1v) is 7.61. The van der Waals surface area contributed by atoms with Gasteiger partial charge in [0.15, 0.2) is 5.82 Å². The molecule has 1 aromatic carbocycles. The maximum atomic E-state index is 4.53. The SMILES string of the molecule is CC(C)(C)Cc1nc(CCNc2cccc(Br)c2)n[nH]1. The van der Waals surface area contributed by atoms with E-state index < -0.39 is 0 Å². The number of nitrogens with one attached hydrogen (secondary N) is 2. The van der Waals surface area contributed by atoms with Gasteiger partial charge in [-0.15, -0.1) is 0 Å². The Bertz CT molecular complexity index is 557. The lowest BCUT2D eigenvalue weighted by molar-refractivity contribution is 0.401. The van der Waals surface area contributed by atoms with E-state index in [1.165, 1.54) is 0 Å². The molecule has 1 heterocycles. The molecule has 0 aliphatic rings. The first-order valence-electron chi connectivity index (χ1n) is 6.82. The molecule has 0 aliphatic heterocycles. The van der Waals surface area contributed by atoms with E-state index in [0.29, 0.717) is 0 Å². The van der Waals surface area contributed by atoms with Crippen molar-refractivity contribution in [2.75, 3.05) is 11.9 Å². The fraction of sp³-hybridized carbons (Fsp3) is 0.467.